The molecular formula is C15H22F2NO. The van der Waals surface area contributed by atoms with Crippen LogP contribution in [0.3, 0.4) is 0 Å². The molecule has 1 radical (unpaired) electrons. The fourth-order valence-corrected chi connectivity index (χ4v) is 2.26. The Kier molecular flexibility index (Phi) is 5.88. The summed E-state index contributed by atoms with van der Waals surface area (Å²) in [6, 6.07) is 2.86. The lowest BCUT2D eigenvalue weighted by Gasteiger charge is -2.36. The zero-order chi connectivity index (χ0) is 14.5. The van der Waals surface area contributed by atoms with Gasteiger partial charge >= 0.3 is 0 Å². The first-order valence-corrected chi connectivity index (χ1v) is 6.67. The molecule has 0 aromatic heterocycles. The van der Waals surface area contributed by atoms with Crippen molar-refractivity contribution in [2.24, 2.45) is 0 Å². The third-order valence-electron chi connectivity index (χ3n) is 3.51. The van der Waals surface area contributed by atoms with Gasteiger partial charge in [-0.1, -0.05) is 20.8 Å². The van der Waals surface area contributed by atoms with Crippen LogP contribution >= 0.6 is 0 Å². The van der Waals surface area contributed by atoms with Gasteiger partial charge in [-0.05, 0) is 43.5 Å². The topological polar surface area (TPSA) is 32.3 Å². The molecule has 0 amide bonds. The Balaban J connectivity index is 3.14. The van der Waals surface area contributed by atoms with Gasteiger partial charge in [-0.2, -0.15) is 0 Å². The van der Waals surface area contributed by atoms with Gasteiger partial charge in [-0.25, -0.2) is 8.78 Å². The highest BCUT2D eigenvalue weighted by molar-refractivity contribution is 5.24. The van der Waals surface area contributed by atoms with E-state index >= 15 is 0 Å². The third kappa shape index (κ3) is 3.98. The van der Waals surface area contributed by atoms with Crippen LogP contribution in [0.25, 0.3) is 0 Å². The molecule has 1 aromatic carbocycles. The zero-order valence-corrected chi connectivity index (χ0v) is 11.5. The molecule has 1 aromatic rings. The second-order valence-electron chi connectivity index (χ2n) is 4.75. The van der Waals surface area contributed by atoms with Crippen LogP contribution in [-0.2, 0) is 0 Å². The first-order chi connectivity index (χ1) is 8.96. The van der Waals surface area contributed by atoms with Gasteiger partial charge in [0.1, 0.15) is 11.6 Å². The van der Waals surface area contributed by atoms with Crippen LogP contribution in [0.5, 0.6) is 0 Å². The van der Waals surface area contributed by atoms with Crippen LogP contribution in [0.4, 0.5) is 8.78 Å². The van der Waals surface area contributed by atoms with E-state index in [4.69, 9.17) is 0 Å². The van der Waals surface area contributed by atoms with E-state index in [0.29, 0.717) is 31.4 Å². The SMILES string of the molecule is [CH2]CCN[C@@H](c1cc(F)cc(F)c1)C(O)(CC)CC. The fourth-order valence-electron chi connectivity index (χ4n) is 2.26. The molecule has 1 atom stereocenters. The Hall–Kier alpha value is -1.00. The molecule has 0 unspecified atom stereocenters. The van der Waals surface area contributed by atoms with Gasteiger partial charge in [0.2, 0.25) is 0 Å². The molecule has 1 rings (SSSR count). The summed E-state index contributed by atoms with van der Waals surface area (Å²) in [5.74, 6) is -1.27. The molecule has 0 saturated heterocycles. The fraction of sp³-hybridized carbons (Fsp3) is 0.533. The molecule has 0 aliphatic rings. The van der Waals surface area contributed by atoms with E-state index in [9.17, 15) is 13.9 Å². The van der Waals surface area contributed by atoms with Crippen molar-refractivity contribution < 1.29 is 13.9 Å². The van der Waals surface area contributed by atoms with Gasteiger partial charge in [0, 0.05) is 6.07 Å². The molecule has 2 N–H and O–H groups in total. The van der Waals surface area contributed by atoms with Crippen molar-refractivity contribution in [3.05, 3.63) is 42.3 Å². The predicted molar refractivity (Wildman–Crippen MR) is 72.6 cm³/mol. The Bertz CT molecular complexity index is 385. The molecule has 107 valence electrons. The quantitative estimate of drug-likeness (QED) is 0.796. The van der Waals surface area contributed by atoms with Crippen LogP contribution < -0.4 is 5.32 Å². The summed E-state index contributed by atoms with van der Waals surface area (Å²) in [4.78, 5) is 0. The summed E-state index contributed by atoms with van der Waals surface area (Å²) < 4.78 is 26.7. The van der Waals surface area contributed by atoms with Gasteiger partial charge < -0.3 is 10.4 Å². The number of aliphatic hydroxyl groups is 1. The zero-order valence-electron chi connectivity index (χ0n) is 11.5. The normalized spacial score (nSPS) is 13.6. The standard InChI is InChI=1S/C15H22F2NO/c1-4-7-18-14(15(19,5-2)6-3)11-8-12(16)10-13(17)9-11/h8-10,14,18-19H,1,4-7H2,2-3H3/t14-/m0/s1. The maximum Gasteiger partial charge on any atom is 0.126 e. The molecule has 2 nitrogen and oxygen atoms in total. The van der Waals surface area contributed by atoms with E-state index in [1.165, 1.54) is 12.1 Å². The number of benzene rings is 1. The average molecular weight is 270 g/mol. The van der Waals surface area contributed by atoms with Crippen molar-refractivity contribution in [3.63, 3.8) is 0 Å². The van der Waals surface area contributed by atoms with E-state index in [2.05, 4.69) is 12.2 Å². The highest BCUT2D eigenvalue weighted by atomic mass is 19.1. The molecule has 19 heavy (non-hydrogen) atoms. The lowest BCUT2D eigenvalue weighted by molar-refractivity contribution is -0.00698. The molecular weight excluding hydrogens is 248 g/mol. The Morgan fingerprint density at radius 2 is 1.74 bits per heavy atom. The average Bonchev–Trinajstić information content (AvgIpc) is 2.37. The van der Waals surface area contributed by atoms with Crippen molar-refractivity contribution in [2.75, 3.05) is 6.54 Å². The number of rotatable bonds is 7. The molecule has 0 bridgehead atoms. The first-order valence-electron chi connectivity index (χ1n) is 6.67. The largest absolute Gasteiger partial charge is 0.388 e. The van der Waals surface area contributed by atoms with Crippen molar-refractivity contribution in [1.82, 2.24) is 5.32 Å². The summed E-state index contributed by atoms with van der Waals surface area (Å²) >= 11 is 0. The highest BCUT2D eigenvalue weighted by Gasteiger charge is 2.34. The first kappa shape index (κ1) is 16.1. The Morgan fingerprint density at radius 3 is 2.16 bits per heavy atom. The minimum atomic E-state index is -1.03. The number of hydrogen-bond acceptors (Lipinski definition) is 2. The maximum absolute atomic E-state index is 13.3. The van der Waals surface area contributed by atoms with Gasteiger partial charge in [-0.3, -0.25) is 0 Å². The van der Waals surface area contributed by atoms with E-state index in [0.717, 1.165) is 6.07 Å². The number of hydrogen-bond donors (Lipinski definition) is 2. The summed E-state index contributed by atoms with van der Waals surface area (Å²) in [6.45, 7) is 8.02. The molecule has 0 spiro atoms. The van der Waals surface area contributed by atoms with Crippen molar-refractivity contribution >= 4 is 0 Å². The summed E-state index contributed by atoms with van der Waals surface area (Å²) in [5, 5.41) is 13.8. The summed E-state index contributed by atoms with van der Waals surface area (Å²) in [5.41, 5.74) is -0.604. The van der Waals surface area contributed by atoms with Gasteiger partial charge in [-0.15, -0.1) is 0 Å². The van der Waals surface area contributed by atoms with Crippen LogP contribution in [0.1, 0.15) is 44.7 Å². The lowest BCUT2D eigenvalue weighted by atomic mass is 9.84. The number of halogens is 2. The highest BCUT2D eigenvalue weighted by Crippen LogP contribution is 2.32. The lowest BCUT2D eigenvalue weighted by Crippen LogP contribution is -2.43. The predicted octanol–water partition coefficient (Wildman–Crippen LogP) is 3.37. The minimum Gasteiger partial charge on any atom is -0.388 e. The van der Waals surface area contributed by atoms with E-state index in [-0.39, 0.29) is 0 Å². The Labute approximate surface area is 113 Å². The third-order valence-corrected chi connectivity index (χ3v) is 3.51. The second kappa shape index (κ2) is 6.96. The smallest absolute Gasteiger partial charge is 0.126 e. The molecule has 0 aliphatic heterocycles. The van der Waals surface area contributed by atoms with Crippen LogP contribution in [0.15, 0.2) is 18.2 Å². The van der Waals surface area contributed by atoms with Gasteiger partial charge in [0.15, 0.2) is 0 Å². The van der Waals surface area contributed by atoms with Crippen LogP contribution in [0, 0.1) is 18.6 Å². The van der Waals surface area contributed by atoms with Gasteiger partial charge in [0.25, 0.3) is 0 Å². The molecule has 0 fully saturated rings. The maximum atomic E-state index is 13.3. The number of nitrogens with one attached hydrogen (secondary N) is 1. The van der Waals surface area contributed by atoms with Crippen LogP contribution in [0.2, 0.25) is 0 Å². The summed E-state index contributed by atoms with van der Waals surface area (Å²) in [6.07, 6.45) is 1.63. The molecule has 0 aliphatic carbocycles. The molecule has 0 heterocycles. The summed E-state index contributed by atoms with van der Waals surface area (Å²) in [7, 11) is 0. The van der Waals surface area contributed by atoms with E-state index in [1.807, 2.05) is 13.8 Å². The monoisotopic (exact) mass is 270 g/mol. The van der Waals surface area contributed by atoms with Crippen molar-refractivity contribution in [1.29, 1.82) is 0 Å². The molecule has 4 heteroatoms. The molecule has 0 saturated carbocycles. The van der Waals surface area contributed by atoms with Crippen molar-refractivity contribution in [2.45, 2.75) is 44.8 Å². The Morgan fingerprint density at radius 1 is 1.21 bits per heavy atom. The second-order valence-corrected chi connectivity index (χ2v) is 4.75. The van der Waals surface area contributed by atoms with Crippen molar-refractivity contribution in [3.8, 4) is 0 Å². The van der Waals surface area contributed by atoms with E-state index in [1.54, 1.807) is 0 Å². The minimum absolute atomic E-state index is 0.428. The van der Waals surface area contributed by atoms with Crippen LogP contribution in [-0.4, -0.2) is 17.3 Å². The van der Waals surface area contributed by atoms with E-state index < -0.39 is 23.3 Å². The van der Waals surface area contributed by atoms with Gasteiger partial charge in [0.05, 0.1) is 11.6 Å².